The largest absolute Gasteiger partial charge is 0.379 e. The maximum Gasteiger partial charge on any atom is 0.339 e. The van der Waals surface area contributed by atoms with Crippen LogP contribution in [0.3, 0.4) is 0 Å². The van der Waals surface area contributed by atoms with Crippen molar-refractivity contribution in [1.82, 2.24) is 5.43 Å². The van der Waals surface area contributed by atoms with Crippen LogP contribution in [0, 0.1) is 17.0 Å². The second kappa shape index (κ2) is 9.71. The molecule has 9 nitrogen and oxygen atoms in total. The number of rotatable bonds is 7. The summed E-state index contributed by atoms with van der Waals surface area (Å²) >= 11 is 3.29. The van der Waals surface area contributed by atoms with Crippen LogP contribution in [-0.4, -0.2) is 25.5 Å². The number of carbonyl (C=O) groups is 1. The molecule has 0 aliphatic rings. The minimum Gasteiger partial charge on any atom is -0.379 e. The van der Waals surface area contributed by atoms with Gasteiger partial charge in [0.05, 0.1) is 11.1 Å². The first-order valence-electron chi connectivity index (χ1n) is 9.04. The molecule has 0 heterocycles. The van der Waals surface area contributed by atoms with Gasteiger partial charge in [0, 0.05) is 21.7 Å². The number of hydrazone groups is 1. The molecule has 1 N–H and O–H groups in total. The van der Waals surface area contributed by atoms with E-state index < -0.39 is 15.0 Å². The van der Waals surface area contributed by atoms with Gasteiger partial charge in [0.15, 0.2) is 0 Å². The van der Waals surface area contributed by atoms with Crippen molar-refractivity contribution in [3.63, 3.8) is 0 Å². The summed E-state index contributed by atoms with van der Waals surface area (Å²) < 4.78 is 30.7. The van der Waals surface area contributed by atoms with Gasteiger partial charge in [0.2, 0.25) is 0 Å². The van der Waals surface area contributed by atoms with Gasteiger partial charge in [0.25, 0.3) is 11.6 Å². The number of carbonyl (C=O) groups excluding carboxylic acids is 1. The molecule has 1 amide bonds. The van der Waals surface area contributed by atoms with Crippen molar-refractivity contribution < 1.29 is 22.3 Å². The topological polar surface area (TPSA) is 128 Å². The first-order valence-corrected chi connectivity index (χ1v) is 11.2. The molecule has 0 unspecified atom stereocenters. The van der Waals surface area contributed by atoms with E-state index in [9.17, 15) is 23.3 Å². The van der Waals surface area contributed by atoms with Crippen LogP contribution in [0.5, 0.6) is 5.75 Å². The Morgan fingerprint density at radius 1 is 1.12 bits per heavy atom. The smallest absolute Gasteiger partial charge is 0.339 e. The molecule has 0 saturated carbocycles. The standard InChI is InChI=1S/C21H16BrN3O6S/c1-14-5-10-19(12-20(14)25(27)28)32(29,30)31-18-8-6-15(7-9-18)13-23-24-21(26)16-3-2-4-17(22)11-16/h2-13H,1H3,(H,24,26)/b23-13+. The normalized spacial score (nSPS) is 11.3. The van der Waals surface area contributed by atoms with Crippen molar-refractivity contribution in [3.8, 4) is 5.75 Å². The molecule has 0 radical (unpaired) electrons. The van der Waals surface area contributed by atoms with Crippen molar-refractivity contribution in [1.29, 1.82) is 0 Å². The Morgan fingerprint density at radius 3 is 2.50 bits per heavy atom. The highest BCUT2D eigenvalue weighted by molar-refractivity contribution is 9.10. The molecule has 0 aromatic heterocycles. The van der Waals surface area contributed by atoms with E-state index in [1.54, 1.807) is 24.3 Å². The second-order valence-corrected chi connectivity index (χ2v) is 8.98. The van der Waals surface area contributed by atoms with Crippen molar-refractivity contribution in [2.75, 3.05) is 0 Å². The van der Waals surface area contributed by atoms with Crippen molar-refractivity contribution in [3.05, 3.63) is 98.0 Å². The van der Waals surface area contributed by atoms with E-state index >= 15 is 0 Å². The summed E-state index contributed by atoms with van der Waals surface area (Å²) in [6.07, 6.45) is 1.39. The maximum absolute atomic E-state index is 12.5. The third-order valence-electron chi connectivity index (χ3n) is 4.22. The van der Waals surface area contributed by atoms with E-state index in [1.165, 1.54) is 49.5 Å². The average Bonchev–Trinajstić information content (AvgIpc) is 2.74. The SMILES string of the molecule is Cc1ccc(S(=O)(=O)Oc2ccc(/C=N/NC(=O)c3cccc(Br)c3)cc2)cc1[N+](=O)[O-]. The van der Waals surface area contributed by atoms with Crippen LogP contribution in [0.4, 0.5) is 5.69 Å². The fourth-order valence-electron chi connectivity index (χ4n) is 2.59. The number of hydrogen-bond donors (Lipinski definition) is 1. The molecular weight excluding hydrogens is 502 g/mol. The Bertz CT molecular complexity index is 1310. The van der Waals surface area contributed by atoms with Crippen molar-refractivity contribution in [2.45, 2.75) is 11.8 Å². The summed E-state index contributed by atoms with van der Waals surface area (Å²) in [5.41, 5.74) is 3.43. The average molecular weight is 518 g/mol. The molecule has 0 fully saturated rings. The van der Waals surface area contributed by atoms with Crippen LogP contribution in [-0.2, 0) is 10.1 Å². The summed E-state index contributed by atoms with van der Waals surface area (Å²) in [7, 11) is -4.26. The number of nitrogens with zero attached hydrogens (tertiary/aromatic N) is 2. The molecule has 3 aromatic carbocycles. The van der Waals surface area contributed by atoms with Crippen molar-refractivity contribution in [2.24, 2.45) is 5.10 Å². The lowest BCUT2D eigenvalue weighted by atomic mass is 10.2. The van der Waals surface area contributed by atoms with Crippen LogP contribution in [0.15, 0.2) is 81.2 Å². The molecule has 11 heteroatoms. The minimum atomic E-state index is -4.26. The summed E-state index contributed by atoms with van der Waals surface area (Å²) in [5, 5.41) is 14.9. The zero-order chi connectivity index (χ0) is 23.3. The number of aryl methyl sites for hydroxylation is 1. The summed E-state index contributed by atoms with van der Waals surface area (Å²) in [6, 6.07) is 16.2. The Balaban J connectivity index is 1.66. The van der Waals surface area contributed by atoms with E-state index in [0.717, 1.165) is 10.5 Å². The van der Waals surface area contributed by atoms with Gasteiger partial charge < -0.3 is 4.18 Å². The number of amides is 1. The van der Waals surface area contributed by atoms with E-state index in [2.05, 4.69) is 26.5 Å². The van der Waals surface area contributed by atoms with Gasteiger partial charge >= 0.3 is 10.1 Å². The Morgan fingerprint density at radius 2 is 1.84 bits per heavy atom. The van der Waals surface area contributed by atoms with Gasteiger partial charge in [-0.2, -0.15) is 13.5 Å². The molecule has 164 valence electrons. The molecule has 0 bridgehead atoms. The van der Waals surface area contributed by atoms with E-state index in [0.29, 0.717) is 16.7 Å². The molecule has 0 aliphatic heterocycles. The van der Waals surface area contributed by atoms with E-state index in [1.807, 2.05) is 0 Å². The Kier molecular flexibility index (Phi) is 7.01. The minimum absolute atomic E-state index is 0.0172. The predicted octanol–water partition coefficient (Wildman–Crippen LogP) is 4.20. The predicted molar refractivity (Wildman–Crippen MR) is 121 cm³/mol. The Labute approximate surface area is 192 Å². The van der Waals surface area contributed by atoms with Crippen molar-refractivity contribution >= 4 is 43.9 Å². The number of nitro groups is 1. The molecule has 0 aliphatic carbocycles. The zero-order valence-electron chi connectivity index (χ0n) is 16.6. The highest BCUT2D eigenvalue weighted by atomic mass is 79.9. The fourth-order valence-corrected chi connectivity index (χ4v) is 3.94. The lowest BCUT2D eigenvalue weighted by molar-refractivity contribution is -0.385. The van der Waals surface area contributed by atoms with Crippen LogP contribution in [0.25, 0.3) is 0 Å². The first kappa shape index (κ1) is 23.1. The number of benzene rings is 3. The highest BCUT2D eigenvalue weighted by Gasteiger charge is 2.21. The fraction of sp³-hybridized carbons (Fsp3) is 0.0476. The molecule has 3 aromatic rings. The van der Waals surface area contributed by atoms with Gasteiger partial charge in [0.1, 0.15) is 10.6 Å². The quantitative estimate of drug-likeness (QED) is 0.216. The third-order valence-corrected chi connectivity index (χ3v) is 5.95. The molecule has 0 saturated heterocycles. The number of hydrogen-bond acceptors (Lipinski definition) is 7. The zero-order valence-corrected chi connectivity index (χ0v) is 19.0. The summed E-state index contributed by atoms with van der Waals surface area (Å²) in [4.78, 5) is 22.1. The summed E-state index contributed by atoms with van der Waals surface area (Å²) in [6.45, 7) is 1.51. The van der Waals surface area contributed by atoms with Gasteiger partial charge in [-0.25, -0.2) is 5.43 Å². The van der Waals surface area contributed by atoms with Gasteiger partial charge in [-0.3, -0.25) is 14.9 Å². The lowest BCUT2D eigenvalue weighted by Gasteiger charge is -2.08. The van der Waals surface area contributed by atoms with Crippen LogP contribution < -0.4 is 9.61 Å². The van der Waals surface area contributed by atoms with Crippen LogP contribution >= 0.6 is 15.9 Å². The Hall–Kier alpha value is -3.57. The van der Waals surface area contributed by atoms with E-state index in [-0.39, 0.29) is 22.2 Å². The second-order valence-electron chi connectivity index (χ2n) is 6.52. The first-order chi connectivity index (χ1) is 15.2. The number of halogens is 1. The molecule has 3 rings (SSSR count). The summed E-state index contributed by atoms with van der Waals surface area (Å²) in [5.74, 6) is -0.371. The lowest BCUT2D eigenvalue weighted by Crippen LogP contribution is -2.17. The van der Waals surface area contributed by atoms with Gasteiger partial charge in [-0.1, -0.05) is 28.1 Å². The highest BCUT2D eigenvalue weighted by Crippen LogP contribution is 2.25. The van der Waals surface area contributed by atoms with Gasteiger partial charge in [-0.15, -0.1) is 0 Å². The van der Waals surface area contributed by atoms with E-state index in [4.69, 9.17) is 4.18 Å². The molecule has 32 heavy (non-hydrogen) atoms. The van der Waals surface area contributed by atoms with Crippen LogP contribution in [0.2, 0.25) is 0 Å². The number of nitrogens with one attached hydrogen (secondary N) is 1. The third kappa shape index (κ3) is 5.77. The monoisotopic (exact) mass is 517 g/mol. The molecule has 0 atom stereocenters. The van der Waals surface area contributed by atoms with Gasteiger partial charge in [-0.05, 0) is 61.0 Å². The maximum atomic E-state index is 12.5. The van der Waals surface area contributed by atoms with Crippen LogP contribution in [0.1, 0.15) is 21.5 Å². The number of nitro benzene ring substituents is 1. The molecular formula is C21H16BrN3O6S. The molecule has 0 spiro atoms.